The van der Waals surface area contributed by atoms with Gasteiger partial charge in [-0.05, 0) is 30.7 Å². The number of hydrogen-bond acceptors (Lipinski definition) is 3. The summed E-state index contributed by atoms with van der Waals surface area (Å²) >= 11 is 0. The lowest BCUT2D eigenvalue weighted by Gasteiger charge is -2.27. The molecule has 0 aliphatic heterocycles. The van der Waals surface area contributed by atoms with Crippen LogP contribution in [0.2, 0.25) is 0 Å². The van der Waals surface area contributed by atoms with Crippen LogP contribution in [0.5, 0.6) is 0 Å². The molecule has 2 rings (SSSR count). The molecule has 1 aromatic rings. The molecular formula is C15H25ClN2O2. The Balaban J connectivity index is 0.00000200. The number of furan rings is 1. The Morgan fingerprint density at radius 1 is 1.35 bits per heavy atom. The van der Waals surface area contributed by atoms with Crippen LogP contribution in [-0.4, -0.2) is 12.5 Å². The lowest BCUT2D eigenvalue weighted by molar-refractivity contribution is 0.0940. The molecule has 1 heterocycles. The van der Waals surface area contributed by atoms with Crippen molar-refractivity contribution < 1.29 is 9.21 Å². The Morgan fingerprint density at radius 2 is 2.00 bits per heavy atom. The highest BCUT2D eigenvalue weighted by molar-refractivity contribution is 5.93. The maximum Gasteiger partial charge on any atom is 0.254 e. The molecule has 1 saturated carbocycles. The van der Waals surface area contributed by atoms with Gasteiger partial charge in [-0.3, -0.25) is 4.79 Å². The van der Waals surface area contributed by atoms with E-state index >= 15 is 0 Å². The lowest BCUT2D eigenvalue weighted by atomic mass is 9.81. The highest BCUT2D eigenvalue weighted by atomic mass is 35.5. The number of halogens is 1. The Hall–Kier alpha value is -1.00. The van der Waals surface area contributed by atoms with Gasteiger partial charge in [-0.1, -0.05) is 26.2 Å². The number of rotatable bonds is 5. The summed E-state index contributed by atoms with van der Waals surface area (Å²) in [7, 11) is 0. The highest BCUT2D eigenvalue weighted by Gasteiger charge is 2.20. The predicted octanol–water partition coefficient (Wildman–Crippen LogP) is 3.11. The van der Waals surface area contributed by atoms with Gasteiger partial charge >= 0.3 is 0 Å². The Kier molecular flexibility index (Phi) is 7.10. The van der Waals surface area contributed by atoms with Gasteiger partial charge in [0.25, 0.3) is 5.91 Å². The van der Waals surface area contributed by atoms with Crippen LogP contribution in [-0.2, 0) is 6.54 Å². The standard InChI is InChI=1S/C15H24N2O2.ClH/c1-2-11-3-5-12(6-4-11)9-17-15(18)13-7-14(8-16)19-10-13;/h7,10-12H,2-6,8-9,16H2,1H3,(H,17,18);1H. The van der Waals surface area contributed by atoms with Crippen LogP contribution in [0.25, 0.3) is 0 Å². The minimum absolute atomic E-state index is 0. The maximum atomic E-state index is 11.9. The second-order valence-electron chi connectivity index (χ2n) is 5.51. The number of carbonyl (C=O) groups is 1. The number of amides is 1. The first-order chi connectivity index (χ1) is 9.22. The molecule has 1 aliphatic carbocycles. The third-order valence-electron chi connectivity index (χ3n) is 4.21. The van der Waals surface area contributed by atoms with E-state index in [2.05, 4.69) is 12.2 Å². The van der Waals surface area contributed by atoms with Crippen LogP contribution in [0.4, 0.5) is 0 Å². The lowest BCUT2D eigenvalue weighted by Crippen LogP contribution is -2.31. The zero-order chi connectivity index (χ0) is 13.7. The Bertz CT molecular complexity index is 412. The van der Waals surface area contributed by atoms with Crippen molar-refractivity contribution in [2.45, 2.75) is 45.6 Å². The minimum Gasteiger partial charge on any atom is -0.467 e. The van der Waals surface area contributed by atoms with Crippen LogP contribution < -0.4 is 11.1 Å². The molecule has 3 N–H and O–H groups in total. The number of hydrogen-bond donors (Lipinski definition) is 2. The Morgan fingerprint density at radius 3 is 2.55 bits per heavy atom. The number of nitrogens with one attached hydrogen (secondary N) is 1. The van der Waals surface area contributed by atoms with Crippen molar-refractivity contribution in [2.75, 3.05) is 6.54 Å². The zero-order valence-corrected chi connectivity index (χ0v) is 12.9. The summed E-state index contributed by atoms with van der Waals surface area (Å²) in [5.74, 6) is 2.12. The van der Waals surface area contributed by atoms with Crippen molar-refractivity contribution in [3.05, 3.63) is 23.7 Å². The summed E-state index contributed by atoms with van der Waals surface area (Å²) in [5.41, 5.74) is 6.03. The molecule has 0 spiro atoms. The first-order valence-electron chi connectivity index (χ1n) is 7.28. The van der Waals surface area contributed by atoms with Crippen molar-refractivity contribution in [3.63, 3.8) is 0 Å². The second kappa shape index (κ2) is 8.32. The third-order valence-corrected chi connectivity index (χ3v) is 4.21. The molecule has 114 valence electrons. The fraction of sp³-hybridized carbons (Fsp3) is 0.667. The van der Waals surface area contributed by atoms with E-state index < -0.39 is 0 Å². The summed E-state index contributed by atoms with van der Waals surface area (Å²) in [6.45, 7) is 3.37. The van der Waals surface area contributed by atoms with E-state index in [1.807, 2.05) is 0 Å². The first-order valence-corrected chi connectivity index (χ1v) is 7.28. The van der Waals surface area contributed by atoms with Crippen LogP contribution >= 0.6 is 12.4 Å². The van der Waals surface area contributed by atoms with Gasteiger partial charge < -0.3 is 15.5 Å². The van der Waals surface area contributed by atoms with Crippen molar-refractivity contribution >= 4 is 18.3 Å². The fourth-order valence-electron chi connectivity index (χ4n) is 2.79. The van der Waals surface area contributed by atoms with Gasteiger partial charge in [0.15, 0.2) is 0 Å². The Labute approximate surface area is 126 Å². The van der Waals surface area contributed by atoms with Crippen LogP contribution in [0.15, 0.2) is 16.7 Å². The molecule has 0 radical (unpaired) electrons. The molecule has 5 heteroatoms. The molecule has 0 unspecified atom stereocenters. The quantitative estimate of drug-likeness (QED) is 0.878. The van der Waals surface area contributed by atoms with Gasteiger partial charge in [-0.2, -0.15) is 0 Å². The van der Waals surface area contributed by atoms with E-state index in [0.29, 0.717) is 23.8 Å². The SMILES string of the molecule is CCC1CCC(CNC(=O)c2coc(CN)c2)CC1.Cl. The van der Waals surface area contributed by atoms with Gasteiger partial charge in [0, 0.05) is 6.54 Å². The van der Waals surface area contributed by atoms with Crippen molar-refractivity contribution in [3.8, 4) is 0 Å². The topological polar surface area (TPSA) is 68.3 Å². The molecule has 0 saturated heterocycles. The summed E-state index contributed by atoms with van der Waals surface area (Å²) in [5, 5.41) is 3.00. The normalized spacial score (nSPS) is 22.1. The van der Waals surface area contributed by atoms with E-state index in [4.69, 9.17) is 10.2 Å². The maximum absolute atomic E-state index is 11.9. The number of carbonyl (C=O) groups excluding carboxylic acids is 1. The van der Waals surface area contributed by atoms with Gasteiger partial charge in [0.2, 0.25) is 0 Å². The molecule has 20 heavy (non-hydrogen) atoms. The molecule has 0 bridgehead atoms. The van der Waals surface area contributed by atoms with Crippen molar-refractivity contribution in [1.29, 1.82) is 0 Å². The molecule has 1 fully saturated rings. The predicted molar refractivity (Wildman–Crippen MR) is 81.9 cm³/mol. The van der Waals surface area contributed by atoms with Crippen molar-refractivity contribution in [1.82, 2.24) is 5.32 Å². The molecule has 1 amide bonds. The van der Waals surface area contributed by atoms with Gasteiger partial charge in [-0.25, -0.2) is 0 Å². The monoisotopic (exact) mass is 300 g/mol. The molecule has 4 nitrogen and oxygen atoms in total. The smallest absolute Gasteiger partial charge is 0.254 e. The highest BCUT2D eigenvalue weighted by Crippen LogP contribution is 2.30. The van der Waals surface area contributed by atoms with E-state index in [0.717, 1.165) is 12.5 Å². The molecule has 0 aromatic carbocycles. The molecule has 1 aliphatic rings. The summed E-state index contributed by atoms with van der Waals surface area (Å²) < 4.78 is 5.17. The summed E-state index contributed by atoms with van der Waals surface area (Å²) in [6, 6.07) is 1.71. The first kappa shape index (κ1) is 17.1. The fourth-order valence-corrected chi connectivity index (χ4v) is 2.79. The minimum atomic E-state index is -0.0546. The van der Waals surface area contributed by atoms with Gasteiger partial charge in [0.1, 0.15) is 12.0 Å². The van der Waals surface area contributed by atoms with E-state index in [1.165, 1.54) is 38.4 Å². The average molecular weight is 301 g/mol. The van der Waals surface area contributed by atoms with Crippen molar-refractivity contribution in [2.24, 2.45) is 17.6 Å². The zero-order valence-electron chi connectivity index (χ0n) is 12.1. The van der Waals surface area contributed by atoms with E-state index in [9.17, 15) is 4.79 Å². The van der Waals surface area contributed by atoms with Crippen LogP contribution in [0, 0.1) is 11.8 Å². The van der Waals surface area contributed by atoms with Crippen LogP contribution in [0.3, 0.4) is 0 Å². The average Bonchev–Trinajstić information content (AvgIpc) is 2.94. The number of nitrogens with two attached hydrogens (primary N) is 1. The second-order valence-corrected chi connectivity index (χ2v) is 5.51. The largest absolute Gasteiger partial charge is 0.467 e. The molecule has 0 atom stereocenters. The van der Waals surface area contributed by atoms with Crippen LogP contribution in [0.1, 0.15) is 55.1 Å². The molecular weight excluding hydrogens is 276 g/mol. The summed E-state index contributed by atoms with van der Waals surface area (Å²) in [6.07, 6.45) is 7.85. The van der Waals surface area contributed by atoms with E-state index in [1.54, 1.807) is 6.07 Å². The summed E-state index contributed by atoms with van der Waals surface area (Å²) in [4.78, 5) is 11.9. The van der Waals surface area contributed by atoms with E-state index in [-0.39, 0.29) is 18.3 Å². The van der Waals surface area contributed by atoms with Gasteiger partial charge in [0.05, 0.1) is 12.1 Å². The molecule has 1 aromatic heterocycles. The third kappa shape index (κ3) is 4.53. The van der Waals surface area contributed by atoms with Gasteiger partial charge in [-0.15, -0.1) is 12.4 Å².